The largest absolute Gasteiger partial charge is 0.378 e. The van der Waals surface area contributed by atoms with Crippen molar-refractivity contribution < 1.29 is 14.5 Å². The summed E-state index contributed by atoms with van der Waals surface area (Å²) >= 11 is 0. The van der Waals surface area contributed by atoms with Crippen molar-refractivity contribution in [2.45, 2.75) is 51.3 Å². The van der Waals surface area contributed by atoms with Crippen molar-refractivity contribution in [3.63, 3.8) is 0 Å². The Balaban J connectivity index is 0.00000210. The summed E-state index contributed by atoms with van der Waals surface area (Å²) in [6.07, 6.45) is 2.53. The van der Waals surface area contributed by atoms with Crippen molar-refractivity contribution in [2.75, 3.05) is 25.0 Å². The molecule has 164 valence electrons. The molecular weight excluding hydrogens is 421 g/mol. The number of carbonyl (C=O) groups excluding carboxylic acids is 1. The molecule has 29 heavy (non-hydrogen) atoms. The minimum atomic E-state index is -0.909. The topological polar surface area (TPSA) is 124 Å². The van der Waals surface area contributed by atoms with E-state index in [9.17, 15) is 14.9 Å². The van der Waals surface area contributed by atoms with Crippen LogP contribution in [0.1, 0.15) is 33.6 Å². The highest BCUT2D eigenvalue weighted by Gasteiger charge is 2.64. The summed E-state index contributed by atoms with van der Waals surface area (Å²) in [6.45, 7) is 7.68. The van der Waals surface area contributed by atoms with Gasteiger partial charge in [0.15, 0.2) is 0 Å². The zero-order chi connectivity index (χ0) is 19.8. The first-order valence-corrected chi connectivity index (χ1v) is 9.26. The van der Waals surface area contributed by atoms with Gasteiger partial charge in [-0.2, -0.15) is 0 Å². The smallest absolute Gasteiger partial charge is 0.287 e. The number of anilines is 1. The number of hydrogen-bond acceptors (Lipinski definition) is 7. The quantitative estimate of drug-likeness (QED) is 0.504. The SMILES string of the molecule is CCOC1CC(N)(C(=O)N2CCC(Nc3ccc([N+](=O)[O-])cn3)C2)C1(C)C.Cl.Cl. The molecule has 3 rings (SSSR count). The van der Waals surface area contributed by atoms with Crippen LogP contribution in [0.25, 0.3) is 0 Å². The molecule has 1 aliphatic heterocycles. The predicted molar refractivity (Wildman–Crippen MR) is 115 cm³/mol. The van der Waals surface area contributed by atoms with Gasteiger partial charge in [-0.25, -0.2) is 4.98 Å². The number of halogens is 2. The van der Waals surface area contributed by atoms with Crippen molar-refractivity contribution in [2.24, 2.45) is 11.1 Å². The van der Waals surface area contributed by atoms with Crippen LogP contribution < -0.4 is 11.1 Å². The van der Waals surface area contributed by atoms with E-state index in [1.54, 1.807) is 11.0 Å². The third-order valence-electron chi connectivity index (χ3n) is 6.00. The molecule has 0 aromatic carbocycles. The molecule has 3 unspecified atom stereocenters. The molecule has 1 saturated carbocycles. The minimum Gasteiger partial charge on any atom is -0.378 e. The Morgan fingerprint density at radius 1 is 1.45 bits per heavy atom. The minimum absolute atomic E-state index is 0. The van der Waals surface area contributed by atoms with Gasteiger partial charge in [0.1, 0.15) is 17.6 Å². The number of nitrogens with zero attached hydrogens (tertiary/aromatic N) is 3. The highest BCUT2D eigenvalue weighted by molar-refractivity contribution is 5.89. The van der Waals surface area contributed by atoms with Gasteiger partial charge in [0, 0.05) is 43.6 Å². The molecule has 0 spiro atoms. The van der Waals surface area contributed by atoms with Gasteiger partial charge in [0.2, 0.25) is 5.91 Å². The number of nitrogens with one attached hydrogen (secondary N) is 1. The van der Waals surface area contributed by atoms with E-state index in [-0.39, 0.29) is 48.6 Å². The van der Waals surface area contributed by atoms with Gasteiger partial charge in [-0.1, -0.05) is 13.8 Å². The van der Waals surface area contributed by atoms with Crippen LogP contribution in [0.15, 0.2) is 18.3 Å². The second-order valence-corrected chi connectivity index (χ2v) is 7.88. The number of carbonyl (C=O) groups is 1. The Labute approximate surface area is 182 Å². The number of hydrogen-bond donors (Lipinski definition) is 2. The van der Waals surface area contributed by atoms with Crippen LogP contribution in [-0.2, 0) is 9.53 Å². The fourth-order valence-electron chi connectivity index (χ4n) is 3.93. The molecule has 2 aliphatic rings. The molecule has 1 amide bonds. The first-order valence-electron chi connectivity index (χ1n) is 9.26. The zero-order valence-corrected chi connectivity index (χ0v) is 18.4. The lowest BCUT2D eigenvalue weighted by molar-refractivity contribution is -0.385. The van der Waals surface area contributed by atoms with Crippen LogP contribution in [0, 0.1) is 15.5 Å². The number of ether oxygens (including phenoxy) is 1. The third kappa shape index (κ3) is 4.58. The summed E-state index contributed by atoms with van der Waals surface area (Å²) < 4.78 is 5.71. The van der Waals surface area contributed by atoms with Gasteiger partial charge in [-0.3, -0.25) is 14.9 Å². The van der Waals surface area contributed by atoms with E-state index in [0.29, 0.717) is 31.9 Å². The Morgan fingerprint density at radius 2 is 2.14 bits per heavy atom. The summed E-state index contributed by atoms with van der Waals surface area (Å²) in [5, 5.41) is 13.9. The fourth-order valence-corrected chi connectivity index (χ4v) is 3.93. The number of pyridine rings is 1. The Hall–Kier alpha value is -1.68. The van der Waals surface area contributed by atoms with Crippen molar-refractivity contribution >= 4 is 42.2 Å². The van der Waals surface area contributed by atoms with Crippen molar-refractivity contribution in [1.82, 2.24) is 9.88 Å². The molecule has 0 radical (unpaired) electrons. The molecule has 1 aromatic rings. The number of nitro groups is 1. The molecule has 2 heterocycles. The maximum absolute atomic E-state index is 13.1. The van der Waals surface area contributed by atoms with E-state index in [2.05, 4.69) is 10.3 Å². The summed E-state index contributed by atoms with van der Waals surface area (Å²) in [6, 6.07) is 3.03. The lowest BCUT2D eigenvalue weighted by Gasteiger charge is -2.58. The second kappa shape index (κ2) is 9.42. The molecule has 2 fully saturated rings. The van der Waals surface area contributed by atoms with Crippen molar-refractivity contribution in [3.05, 3.63) is 28.4 Å². The molecule has 1 aromatic heterocycles. The predicted octanol–water partition coefficient (Wildman–Crippen LogP) is 2.38. The van der Waals surface area contributed by atoms with Gasteiger partial charge in [0.05, 0.1) is 11.0 Å². The van der Waals surface area contributed by atoms with E-state index in [1.165, 1.54) is 12.3 Å². The van der Waals surface area contributed by atoms with Gasteiger partial charge in [0.25, 0.3) is 5.69 Å². The first kappa shape index (κ1) is 25.4. The zero-order valence-electron chi connectivity index (χ0n) is 16.8. The molecule has 11 heteroatoms. The maximum Gasteiger partial charge on any atom is 0.287 e. The van der Waals surface area contributed by atoms with E-state index in [4.69, 9.17) is 10.5 Å². The van der Waals surface area contributed by atoms with Crippen LogP contribution >= 0.6 is 24.8 Å². The average Bonchev–Trinajstić information content (AvgIpc) is 3.09. The van der Waals surface area contributed by atoms with E-state index in [1.807, 2.05) is 20.8 Å². The van der Waals surface area contributed by atoms with Gasteiger partial charge in [-0.05, 0) is 19.4 Å². The van der Waals surface area contributed by atoms with Crippen LogP contribution in [0.5, 0.6) is 0 Å². The third-order valence-corrected chi connectivity index (χ3v) is 6.00. The highest BCUT2D eigenvalue weighted by Crippen LogP contribution is 2.50. The van der Waals surface area contributed by atoms with Crippen LogP contribution in [0.4, 0.5) is 11.5 Å². The molecule has 9 nitrogen and oxygen atoms in total. The normalized spacial score (nSPS) is 27.2. The van der Waals surface area contributed by atoms with Gasteiger partial charge >= 0.3 is 0 Å². The molecule has 1 aliphatic carbocycles. The molecule has 3 N–H and O–H groups in total. The average molecular weight is 450 g/mol. The highest BCUT2D eigenvalue weighted by atomic mass is 35.5. The number of likely N-dealkylation sites (tertiary alicyclic amines) is 1. The lowest BCUT2D eigenvalue weighted by atomic mass is 9.54. The van der Waals surface area contributed by atoms with Crippen molar-refractivity contribution in [3.8, 4) is 0 Å². The number of rotatable bonds is 6. The van der Waals surface area contributed by atoms with E-state index in [0.717, 1.165) is 6.42 Å². The summed E-state index contributed by atoms with van der Waals surface area (Å²) in [5.41, 5.74) is 5.13. The van der Waals surface area contributed by atoms with Crippen LogP contribution in [-0.4, -0.2) is 58.1 Å². The van der Waals surface area contributed by atoms with E-state index >= 15 is 0 Å². The summed E-state index contributed by atoms with van der Waals surface area (Å²) in [7, 11) is 0. The number of nitrogens with two attached hydrogens (primary N) is 1. The van der Waals surface area contributed by atoms with Gasteiger partial charge < -0.3 is 20.7 Å². The second-order valence-electron chi connectivity index (χ2n) is 7.88. The lowest BCUT2D eigenvalue weighted by Crippen LogP contribution is -2.76. The Kier molecular flexibility index (Phi) is 8.24. The monoisotopic (exact) mass is 449 g/mol. The molecule has 1 saturated heterocycles. The Bertz CT molecular complexity index is 733. The number of aromatic nitrogens is 1. The molecule has 0 bridgehead atoms. The first-order chi connectivity index (χ1) is 12.7. The van der Waals surface area contributed by atoms with Crippen molar-refractivity contribution in [1.29, 1.82) is 0 Å². The molecular formula is C18H29Cl2N5O4. The maximum atomic E-state index is 13.1. The van der Waals surface area contributed by atoms with Crippen LogP contribution in [0.2, 0.25) is 0 Å². The fraction of sp³-hybridized carbons (Fsp3) is 0.667. The summed E-state index contributed by atoms with van der Waals surface area (Å²) in [5.74, 6) is 0.521. The van der Waals surface area contributed by atoms with Gasteiger partial charge in [-0.15, -0.1) is 24.8 Å². The number of amides is 1. The Morgan fingerprint density at radius 3 is 2.66 bits per heavy atom. The van der Waals surface area contributed by atoms with E-state index < -0.39 is 15.9 Å². The summed E-state index contributed by atoms with van der Waals surface area (Å²) in [4.78, 5) is 29.1. The standard InChI is InChI=1S/C18H27N5O4.2ClH/c1-4-27-14-9-18(19,17(14,2)3)16(24)22-8-7-12(11-22)21-15-6-5-13(10-20-15)23(25)26;;/h5-6,10,12,14H,4,7-9,11,19H2,1-3H3,(H,20,21);2*1H. The van der Waals surface area contributed by atoms with Crippen LogP contribution in [0.3, 0.4) is 0 Å². The molecule has 3 atom stereocenters.